The van der Waals surface area contributed by atoms with Crippen LogP contribution in [0, 0.1) is 22.2 Å². The van der Waals surface area contributed by atoms with Gasteiger partial charge in [-0.1, -0.05) is 13.8 Å². The monoisotopic (exact) mass is 322 g/mol. The number of aliphatic hydroxyl groups is 1. The summed E-state index contributed by atoms with van der Waals surface area (Å²) in [4.78, 5) is 15.0. The number of carbonyl (C=O) groups is 1. The van der Waals surface area contributed by atoms with Crippen LogP contribution in [-0.2, 0) is 4.79 Å². The van der Waals surface area contributed by atoms with E-state index in [4.69, 9.17) is 0 Å². The summed E-state index contributed by atoms with van der Waals surface area (Å²) in [5, 5.41) is 13.6. The van der Waals surface area contributed by atoms with Crippen molar-refractivity contribution in [3.8, 4) is 0 Å². The lowest BCUT2D eigenvalue weighted by Crippen LogP contribution is -2.61. The molecule has 0 saturated heterocycles. The maximum atomic E-state index is 13.1. The zero-order chi connectivity index (χ0) is 17.1. The van der Waals surface area contributed by atoms with Crippen LogP contribution in [-0.4, -0.2) is 48.7 Å². The summed E-state index contributed by atoms with van der Waals surface area (Å²) in [5.74, 6) is 0.910. The molecular formula is C19H34N2O2. The molecule has 4 rings (SSSR count). The maximum Gasteiger partial charge on any atom is 0.226 e. The van der Waals surface area contributed by atoms with Crippen LogP contribution in [0.3, 0.4) is 0 Å². The van der Waals surface area contributed by atoms with E-state index < -0.39 is 5.60 Å². The fraction of sp³-hybridized carbons (Fsp3) is 0.947. The molecule has 23 heavy (non-hydrogen) atoms. The molecule has 4 aliphatic carbocycles. The average molecular weight is 322 g/mol. The number of likely N-dealkylation sites (N-methyl/N-ethyl adjacent to an activating group) is 1. The highest BCUT2D eigenvalue weighted by atomic mass is 16.3. The van der Waals surface area contributed by atoms with Crippen molar-refractivity contribution < 1.29 is 9.90 Å². The molecule has 0 aliphatic heterocycles. The first kappa shape index (κ1) is 17.2. The van der Waals surface area contributed by atoms with Crippen LogP contribution in [0.25, 0.3) is 0 Å². The Hall–Kier alpha value is -0.610. The van der Waals surface area contributed by atoms with Gasteiger partial charge < -0.3 is 15.3 Å². The molecule has 4 heteroatoms. The van der Waals surface area contributed by atoms with Gasteiger partial charge in [-0.15, -0.1) is 0 Å². The fourth-order valence-electron chi connectivity index (χ4n) is 6.90. The zero-order valence-electron chi connectivity index (χ0n) is 15.5. The third-order valence-electron chi connectivity index (χ3n) is 6.39. The summed E-state index contributed by atoms with van der Waals surface area (Å²) in [6.07, 6.45) is 7.01. The standard InChI is InChI=1S/C19H34N2O2/c1-16-6-14-7-17(2,9-16)11-19(8-14,10-16)15(22)20-12-18(3,23)13-21(4)5/h14,23H,6-13H2,1-5H3,(H,20,22)/t14?,16-,17+,18-,19?/m1/s1. The molecule has 4 aliphatic rings. The minimum atomic E-state index is -0.880. The van der Waals surface area contributed by atoms with Crippen molar-refractivity contribution in [1.29, 1.82) is 0 Å². The van der Waals surface area contributed by atoms with E-state index in [-0.39, 0.29) is 11.3 Å². The molecule has 0 aromatic carbocycles. The highest BCUT2D eigenvalue weighted by Crippen LogP contribution is 2.69. The van der Waals surface area contributed by atoms with Crippen LogP contribution >= 0.6 is 0 Å². The first-order valence-corrected chi connectivity index (χ1v) is 9.11. The van der Waals surface area contributed by atoms with Gasteiger partial charge in [0.05, 0.1) is 11.0 Å². The highest BCUT2D eigenvalue weighted by molar-refractivity contribution is 5.83. The third kappa shape index (κ3) is 3.30. The topological polar surface area (TPSA) is 52.6 Å². The number of carbonyl (C=O) groups excluding carboxylic acids is 1. The fourth-order valence-corrected chi connectivity index (χ4v) is 6.90. The number of nitrogens with zero attached hydrogens (tertiary/aromatic N) is 1. The van der Waals surface area contributed by atoms with E-state index in [2.05, 4.69) is 19.2 Å². The van der Waals surface area contributed by atoms with Gasteiger partial charge in [-0.3, -0.25) is 4.79 Å². The molecule has 0 aromatic heterocycles. The van der Waals surface area contributed by atoms with E-state index in [0.29, 0.717) is 29.8 Å². The number of rotatable bonds is 5. The second-order valence-electron chi connectivity index (χ2n) is 10.3. The third-order valence-corrected chi connectivity index (χ3v) is 6.39. The first-order valence-electron chi connectivity index (χ1n) is 9.11. The molecule has 5 atom stereocenters. The Balaban J connectivity index is 1.70. The second kappa shape index (κ2) is 5.19. The van der Waals surface area contributed by atoms with Gasteiger partial charge in [0, 0.05) is 13.1 Å². The summed E-state index contributed by atoms with van der Waals surface area (Å²) in [5.41, 5.74) is -0.373. The van der Waals surface area contributed by atoms with E-state index >= 15 is 0 Å². The summed E-state index contributed by atoms with van der Waals surface area (Å²) >= 11 is 0. The van der Waals surface area contributed by atoms with Crippen LogP contribution in [0.15, 0.2) is 0 Å². The van der Waals surface area contributed by atoms with Crippen molar-refractivity contribution in [1.82, 2.24) is 10.2 Å². The van der Waals surface area contributed by atoms with E-state index in [1.54, 1.807) is 6.92 Å². The van der Waals surface area contributed by atoms with Gasteiger partial charge >= 0.3 is 0 Å². The smallest absolute Gasteiger partial charge is 0.226 e. The van der Waals surface area contributed by atoms with E-state index in [1.807, 2.05) is 19.0 Å². The van der Waals surface area contributed by atoms with E-state index in [9.17, 15) is 9.90 Å². The molecule has 4 bridgehead atoms. The molecule has 0 aromatic rings. The number of amides is 1. The van der Waals surface area contributed by atoms with Gasteiger partial charge in [-0.2, -0.15) is 0 Å². The predicted molar refractivity (Wildman–Crippen MR) is 92.0 cm³/mol. The minimum Gasteiger partial charge on any atom is -0.387 e. The van der Waals surface area contributed by atoms with Crippen molar-refractivity contribution in [2.75, 3.05) is 27.2 Å². The molecule has 2 N–H and O–H groups in total. The van der Waals surface area contributed by atoms with Gasteiger partial charge in [-0.25, -0.2) is 0 Å². The molecule has 0 heterocycles. The summed E-state index contributed by atoms with van der Waals surface area (Å²) in [7, 11) is 3.88. The largest absolute Gasteiger partial charge is 0.387 e. The lowest BCUT2D eigenvalue weighted by Gasteiger charge is -2.64. The lowest BCUT2D eigenvalue weighted by molar-refractivity contribution is -0.170. The Morgan fingerprint density at radius 1 is 1.17 bits per heavy atom. The number of hydrogen-bond acceptors (Lipinski definition) is 3. The number of hydrogen-bond donors (Lipinski definition) is 2. The van der Waals surface area contributed by atoms with Gasteiger partial charge in [0.2, 0.25) is 5.91 Å². The van der Waals surface area contributed by atoms with Gasteiger partial charge in [0.25, 0.3) is 0 Å². The van der Waals surface area contributed by atoms with E-state index in [1.165, 1.54) is 19.3 Å². The molecule has 4 fully saturated rings. The Kier molecular flexibility index (Phi) is 3.89. The summed E-state index contributed by atoms with van der Waals surface area (Å²) in [6.45, 7) is 7.47. The van der Waals surface area contributed by atoms with Crippen LogP contribution in [0.1, 0.15) is 59.3 Å². The molecule has 4 nitrogen and oxygen atoms in total. The molecule has 132 valence electrons. The van der Waals surface area contributed by atoms with Crippen molar-refractivity contribution in [2.24, 2.45) is 22.2 Å². The van der Waals surface area contributed by atoms with Crippen LogP contribution in [0.2, 0.25) is 0 Å². The first-order chi connectivity index (χ1) is 10.5. The lowest BCUT2D eigenvalue weighted by atomic mass is 9.40. The van der Waals surface area contributed by atoms with Crippen molar-refractivity contribution in [3.05, 3.63) is 0 Å². The summed E-state index contributed by atoms with van der Waals surface area (Å²) in [6, 6.07) is 0. The quantitative estimate of drug-likeness (QED) is 0.817. The van der Waals surface area contributed by atoms with Gasteiger partial charge in [-0.05, 0) is 76.3 Å². The van der Waals surface area contributed by atoms with Gasteiger partial charge in [0.15, 0.2) is 0 Å². The molecule has 0 spiro atoms. The Bertz CT molecular complexity index is 482. The molecule has 4 saturated carbocycles. The van der Waals surface area contributed by atoms with Crippen LogP contribution < -0.4 is 5.32 Å². The molecular weight excluding hydrogens is 288 g/mol. The summed E-state index contributed by atoms with van der Waals surface area (Å²) < 4.78 is 0. The normalized spacial score (nSPS) is 44.4. The zero-order valence-corrected chi connectivity index (χ0v) is 15.5. The maximum absolute atomic E-state index is 13.1. The molecule has 2 unspecified atom stereocenters. The van der Waals surface area contributed by atoms with Crippen molar-refractivity contribution >= 4 is 5.91 Å². The average Bonchev–Trinajstić information content (AvgIpc) is 2.29. The second-order valence-corrected chi connectivity index (χ2v) is 10.3. The Labute approximate surface area is 141 Å². The number of nitrogens with one attached hydrogen (secondary N) is 1. The molecule has 0 radical (unpaired) electrons. The Morgan fingerprint density at radius 3 is 2.22 bits per heavy atom. The van der Waals surface area contributed by atoms with Crippen molar-refractivity contribution in [3.63, 3.8) is 0 Å². The highest BCUT2D eigenvalue weighted by Gasteiger charge is 2.62. The Morgan fingerprint density at radius 2 is 1.74 bits per heavy atom. The molecule has 1 amide bonds. The van der Waals surface area contributed by atoms with Crippen LogP contribution in [0.5, 0.6) is 0 Å². The predicted octanol–water partition coefficient (Wildman–Crippen LogP) is 2.41. The minimum absolute atomic E-state index is 0.183. The van der Waals surface area contributed by atoms with Crippen LogP contribution in [0.4, 0.5) is 0 Å². The van der Waals surface area contributed by atoms with E-state index in [0.717, 1.165) is 19.3 Å². The van der Waals surface area contributed by atoms with Crippen molar-refractivity contribution in [2.45, 2.75) is 64.9 Å². The van der Waals surface area contributed by atoms with Gasteiger partial charge in [0.1, 0.15) is 0 Å². The SMILES string of the molecule is CN(C)C[C@](C)(O)CNC(=O)C12CC3C[C@@](C)(C1)C[C@](C)(C3)C2.